The van der Waals surface area contributed by atoms with Gasteiger partial charge in [0.05, 0.1) is 6.61 Å². The molecule has 100 valence electrons. The van der Waals surface area contributed by atoms with Gasteiger partial charge in [-0.2, -0.15) is 0 Å². The summed E-state index contributed by atoms with van der Waals surface area (Å²) in [5, 5.41) is 9.51. The van der Waals surface area contributed by atoms with Gasteiger partial charge < -0.3 is 14.7 Å². The minimum Gasteiger partial charge on any atom is -0.493 e. The Bertz CT molecular complexity index is 381. The Hall–Kier alpha value is -1.06. The van der Waals surface area contributed by atoms with Gasteiger partial charge >= 0.3 is 0 Å². The lowest BCUT2D eigenvalue weighted by atomic mass is 9.93. The Morgan fingerprint density at radius 2 is 2.33 bits per heavy atom. The summed E-state index contributed by atoms with van der Waals surface area (Å²) in [6.07, 6.45) is 1.17. The fourth-order valence-electron chi connectivity index (χ4n) is 2.60. The Morgan fingerprint density at radius 1 is 1.50 bits per heavy atom. The molecule has 1 fully saturated rings. The number of aliphatic hydroxyl groups is 1. The van der Waals surface area contributed by atoms with Crippen molar-refractivity contribution in [2.45, 2.75) is 13.3 Å². The monoisotopic (exact) mass is 249 g/mol. The summed E-state index contributed by atoms with van der Waals surface area (Å²) in [4.78, 5) is 2.32. The largest absolute Gasteiger partial charge is 0.493 e. The maximum atomic E-state index is 9.51. The van der Waals surface area contributed by atoms with E-state index in [0.717, 1.165) is 18.8 Å². The number of rotatable bonds is 5. The van der Waals surface area contributed by atoms with Crippen LogP contribution < -0.4 is 4.74 Å². The van der Waals surface area contributed by atoms with E-state index in [9.17, 15) is 5.11 Å². The van der Waals surface area contributed by atoms with Crippen molar-refractivity contribution in [1.82, 2.24) is 4.90 Å². The van der Waals surface area contributed by atoms with E-state index in [0.29, 0.717) is 12.5 Å². The van der Waals surface area contributed by atoms with E-state index in [1.54, 1.807) is 0 Å². The van der Waals surface area contributed by atoms with Gasteiger partial charge in [0.1, 0.15) is 5.75 Å². The molecule has 0 spiro atoms. The fraction of sp³-hybridized carbons (Fsp3) is 0.600. The smallest absolute Gasteiger partial charge is 0.119 e. The van der Waals surface area contributed by atoms with Crippen molar-refractivity contribution in [2.24, 2.45) is 11.8 Å². The summed E-state index contributed by atoms with van der Waals surface area (Å²) in [7, 11) is 2.13. The molecular formula is C15H23NO2. The SMILES string of the molecule is Cc1cccc(OCC(CO)C2CCN(C)C2)c1. The van der Waals surface area contributed by atoms with E-state index >= 15 is 0 Å². The number of likely N-dealkylation sites (tertiary alicyclic amines) is 1. The maximum Gasteiger partial charge on any atom is 0.119 e. The van der Waals surface area contributed by atoms with E-state index < -0.39 is 0 Å². The van der Waals surface area contributed by atoms with Gasteiger partial charge in [0, 0.05) is 19.1 Å². The zero-order valence-electron chi connectivity index (χ0n) is 11.3. The van der Waals surface area contributed by atoms with Gasteiger partial charge in [-0.1, -0.05) is 12.1 Å². The van der Waals surface area contributed by atoms with Crippen LogP contribution in [0.4, 0.5) is 0 Å². The third-order valence-corrected chi connectivity index (χ3v) is 3.78. The minimum absolute atomic E-state index is 0.213. The van der Waals surface area contributed by atoms with Gasteiger partial charge in [-0.25, -0.2) is 0 Å². The van der Waals surface area contributed by atoms with Crippen LogP contribution in [0.15, 0.2) is 24.3 Å². The topological polar surface area (TPSA) is 32.7 Å². The highest BCUT2D eigenvalue weighted by Crippen LogP contribution is 2.24. The van der Waals surface area contributed by atoms with Gasteiger partial charge in [0.2, 0.25) is 0 Å². The Morgan fingerprint density at radius 3 is 2.94 bits per heavy atom. The molecule has 1 aromatic rings. The molecule has 1 aromatic carbocycles. The second-order valence-corrected chi connectivity index (χ2v) is 5.38. The zero-order valence-corrected chi connectivity index (χ0v) is 11.3. The number of aliphatic hydroxyl groups excluding tert-OH is 1. The van der Waals surface area contributed by atoms with Crippen molar-refractivity contribution in [2.75, 3.05) is 33.4 Å². The van der Waals surface area contributed by atoms with Crippen LogP contribution in [0.5, 0.6) is 5.75 Å². The highest BCUT2D eigenvalue weighted by molar-refractivity contribution is 5.27. The first kappa shape index (κ1) is 13.4. The second-order valence-electron chi connectivity index (χ2n) is 5.38. The molecule has 1 aliphatic heterocycles. The molecule has 1 N–H and O–H groups in total. The summed E-state index contributed by atoms with van der Waals surface area (Å²) in [5.41, 5.74) is 1.20. The lowest BCUT2D eigenvalue weighted by Gasteiger charge is -2.21. The molecule has 0 aliphatic carbocycles. The summed E-state index contributed by atoms with van der Waals surface area (Å²) < 4.78 is 5.81. The zero-order chi connectivity index (χ0) is 13.0. The third kappa shape index (κ3) is 3.47. The van der Waals surface area contributed by atoms with Crippen LogP contribution in [0, 0.1) is 18.8 Å². The van der Waals surface area contributed by atoms with E-state index in [1.165, 1.54) is 12.0 Å². The van der Waals surface area contributed by atoms with Crippen LogP contribution in [0.2, 0.25) is 0 Å². The van der Waals surface area contributed by atoms with Crippen molar-refractivity contribution in [3.63, 3.8) is 0 Å². The molecule has 2 rings (SSSR count). The summed E-state index contributed by atoms with van der Waals surface area (Å²) >= 11 is 0. The molecule has 0 bridgehead atoms. The molecular weight excluding hydrogens is 226 g/mol. The van der Waals surface area contributed by atoms with E-state index in [-0.39, 0.29) is 12.5 Å². The highest BCUT2D eigenvalue weighted by Gasteiger charge is 2.27. The Labute approximate surface area is 109 Å². The predicted octanol–water partition coefficient (Wildman–Crippen LogP) is 1.93. The molecule has 3 heteroatoms. The first-order valence-corrected chi connectivity index (χ1v) is 6.68. The van der Waals surface area contributed by atoms with Gasteiger partial charge in [0.15, 0.2) is 0 Å². The number of nitrogens with zero attached hydrogens (tertiary/aromatic N) is 1. The minimum atomic E-state index is 0.213. The van der Waals surface area contributed by atoms with E-state index in [1.807, 2.05) is 18.2 Å². The molecule has 3 nitrogen and oxygen atoms in total. The highest BCUT2D eigenvalue weighted by atomic mass is 16.5. The number of ether oxygens (including phenoxy) is 1. The maximum absolute atomic E-state index is 9.51. The van der Waals surface area contributed by atoms with Crippen LogP contribution in [0.25, 0.3) is 0 Å². The first-order valence-electron chi connectivity index (χ1n) is 6.68. The molecule has 1 aliphatic rings. The number of aryl methyl sites for hydroxylation is 1. The molecule has 1 heterocycles. The van der Waals surface area contributed by atoms with Gasteiger partial charge in [-0.15, -0.1) is 0 Å². The molecule has 0 amide bonds. The first-order chi connectivity index (χ1) is 8.69. The lowest BCUT2D eigenvalue weighted by molar-refractivity contribution is 0.120. The molecule has 1 saturated heterocycles. The quantitative estimate of drug-likeness (QED) is 0.865. The van der Waals surface area contributed by atoms with Crippen LogP contribution >= 0.6 is 0 Å². The van der Waals surface area contributed by atoms with Crippen LogP contribution in [0.3, 0.4) is 0 Å². The van der Waals surface area contributed by atoms with Gasteiger partial charge in [0.25, 0.3) is 0 Å². The van der Waals surface area contributed by atoms with Gasteiger partial charge in [-0.05, 0) is 50.6 Å². The van der Waals surface area contributed by atoms with Crippen molar-refractivity contribution in [1.29, 1.82) is 0 Å². The van der Waals surface area contributed by atoms with Crippen LogP contribution in [-0.4, -0.2) is 43.4 Å². The summed E-state index contributed by atoms with van der Waals surface area (Å²) in [6.45, 7) is 5.08. The molecule has 2 unspecified atom stereocenters. The number of benzene rings is 1. The molecule has 0 saturated carbocycles. The summed E-state index contributed by atoms with van der Waals surface area (Å²) in [5.74, 6) is 1.71. The summed E-state index contributed by atoms with van der Waals surface area (Å²) in [6, 6.07) is 8.07. The second kappa shape index (κ2) is 6.21. The Balaban J connectivity index is 1.87. The third-order valence-electron chi connectivity index (χ3n) is 3.78. The van der Waals surface area contributed by atoms with E-state index in [4.69, 9.17) is 4.74 Å². The average Bonchev–Trinajstić information content (AvgIpc) is 2.77. The molecule has 2 atom stereocenters. The fourth-order valence-corrected chi connectivity index (χ4v) is 2.60. The molecule has 0 radical (unpaired) electrons. The number of hydrogen-bond acceptors (Lipinski definition) is 3. The average molecular weight is 249 g/mol. The van der Waals surface area contributed by atoms with Crippen molar-refractivity contribution in [3.8, 4) is 5.75 Å². The lowest BCUT2D eigenvalue weighted by Crippen LogP contribution is -2.27. The van der Waals surface area contributed by atoms with Crippen LogP contribution in [0.1, 0.15) is 12.0 Å². The molecule has 18 heavy (non-hydrogen) atoms. The standard InChI is InChI=1S/C15H23NO2/c1-12-4-3-5-15(8-12)18-11-14(10-17)13-6-7-16(2)9-13/h3-5,8,13-14,17H,6-7,9-11H2,1-2H3. The van der Waals surface area contributed by atoms with Crippen molar-refractivity contribution < 1.29 is 9.84 Å². The van der Waals surface area contributed by atoms with Crippen LogP contribution in [-0.2, 0) is 0 Å². The Kier molecular flexibility index (Phi) is 4.61. The van der Waals surface area contributed by atoms with E-state index in [2.05, 4.69) is 24.9 Å². The van der Waals surface area contributed by atoms with Crippen molar-refractivity contribution in [3.05, 3.63) is 29.8 Å². The predicted molar refractivity (Wildman–Crippen MR) is 72.9 cm³/mol. The molecule has 0 aromatic heterocycles. The van der Waals surface area contributed by atoms with Crippen molar-refractivity contribution >= 4 is 0 Å². The number of hydrogen-bond donors (Lipinski definition) is 1. The normalized spacial score (nSPS) is 22.1. The van der Waals surface area contributed by atoms with Gasteiger partial charge in [-0.3, -0.25) is 0 Å².